The summed E-state index contributed by atoms with van der Waals surface area (Å²) in [6.07, 6.45) is 0.151. The van der Waals surface area contributed by atoms with Gasteiger partial charge in [0.15, 0.2) is 5.60 Å². The number of hydrazone groups is 1. The van der Waals surface area contributed by atoms with Gasteiger partial charge < -0.3 is 20.3 Å². The number of hydrogen-bond acceptors (Lipinski definition) is 6. The second-order valence-corrected chi connectivity index (χ2v) is 8.16. The second kappa shape index (κ2) is 9.09. The van der Waals surface area contributed by atoms with Gasteiger partial charge in [0.25, 0.3) is 0 Å². The van der Waals surface area contributed by atoms with Crippen LogP contribution in [-0.4, -0.2) is 66.8 Å². The first-order chi connectivity index (χ1) is 14.3. The van der Waals surface area contributed by atoms with E-state index in [-0.39, 0.29) is 11.6 Å². The summed E-state index contributed by atoms with van der Waals surface area (Å²) >= 11 is 3.36. The highest BCUT2D eigenvalue weighted by Crippen LogP contribution is 2.36. The lowest BCUT2D eigenvalue weighted by atomic mass is 9.82. The first-order valence-corrected chi connectivity index (χ1v) is 10.3. The maximum Gasteiger partial charge on any atom is 0.428 e. The normalized spacial score (nSPS) is 19.3. The molecule has 1 atom stereocenters. The molecule has 9 nitrogen and oxygen atoms in total. The van der Waals surface area contributed by atoms with Gasteiger partial charge in [-0.1, -0.05) is 6.07 Å². The van der Waals surface area contributed by atoms with Crippen LogP contribution in [0.5, 0.6) is 0 Å². The average molecular weight is 484 g/mol. The van der Waals surface area contributed by atoms with Crippen molar-refractivity contribution in [2.45, 2.75) is 31.4 Å². The Hall–Kier alpha value is -2.53. The van der Waals surface area contributed by atoms with Crippen molar-refractivity contribution in [1.82, 2.24) is 21.0 Å². The van der Waals surface area contributed by atoms with Crippen LogP contribution in [0.25, 0.3) is 0 Å². The molecule has 11 heteroatoms. The number of carbonyl (C=O) groups is 3. The standard InChI is InChI=1S/C19H23BrFN5O4/c1-11(23-17(28)16(27)22-2)10-26-8-6-19(7-9-26)15(24-25-18(29)30-19)14-12(20)4-3-5-13(14)21/h3-5,11H,6-10H2,1-2H3,(H,22,27)(H,23,28)(H,25,29)/t11-/m0/s1. The van der Waals surface area contributed by atoms with E-state index in [4.69, 9.17) is 4.74 Å². The lowest BCUT2D eigenvalue weighted by molar-refractivity contribution is -0.139. The van der Waals surface area contributed by atoms with Crippen LogP contribution in [-0.2, 0) is 14.3 Å². The van der Waals surface area contributed by atoms with Crippen molar-refractivity contribution in [2.75, 3.05) is 26.7 Å². The van der Waals surface area contributed by atoms with Gasteiger partial charge in [0.05, 0.1) is 5.56 Å². The molecular formula is C19H23BrFN5O4. The van der Waals surface area contributed by atoms with E-state index >= 15 is 0 Å². The van der Waals surface area contributed by atoms with Crippen molar-refractivity contribution in [2.24, 2.45) is 5.10 Å². The molecule has 30 heavy (non-hydrogen) atoms. The molecule has 1 spiro atoms. The van der Waals surface area contributed by atoms with Crippen molar-refractivity contribution >= 4 is 39.5 Å². The molecule has 0 aromatic heterocycles. The van der Waals surface area contributed by atoms with Crippen LogP contribution in [0, 0.1) is 5.82 Å². The summed E-state index contributed by atoms with van der Waals surface area (Å²) in [5.41, 5.74) is 1.84. The lowest BCUT2D eigenvalue weighted by Crippen LogP contribution is -2.57. The van der Waals surface area contributed by atoms with Crippen LogP contribution in [0.2, 0.25) is 0 Å². The number of amides is 3. The highest BCUT2D eigenvalue weighted by molar-refractivity contribution is 9.10. The van der Waals surface area contributed by atoms with Crippen LogP contribution in [0.3, 0.4) is 0 Å². The fourth-order valence-electron chi connectivity index (χ4n) is 3.73. The molecule has 2 heterocycles. The van der Waals surface area contributed by atoms with Gasteiger partial charge >= 0.3 is 17.9 Å². The van der Waals surface area contributed by atoms with Crippen LogP contribution in [0.4, 0.5) is 9.18 Å². The number of halogens is 2. The van der Waals surface area contributed by atoms with E-state index in [0.717, 1.165) is 0 Å². The van der Waals surface area contributed by atoms with Gasteiger partial charge in [-0.15, -0.1) is 0 Å². The quantitative estimate of drug-likeness (QED) is 0.555. The predicted molar refractivity (Wildman–Crippen MR) is 110 cm³/mol. The second-order valence-electron chi connectivity index (χ2n) is 7.31. The molecule has 3 rings (SSSR count). The minimum Gasteiger partial charge on any atom is -0.435 e. The van der Waals surface area contributed by atoms with Crippen molar-refractivity contribution in [3.05, 3.63) is 34.1 Å². The van der Waals surface area contributed by atoms with E-state index in [9.17, 15) is 18.8 Å². The van der Waals surface area contributed by atoms with Gasteiger partial charge in [0.1, 0.15) is 11.5 Å². The van der Waals surface area contributed by atoms with Crippen LogP contribution >= 0.6 is 15.9 Å². The number of nitrogens with zero attached hydrogens (tertiary/aromatic N) is 2. The first-order valence-electron chi connectivity index (χ1n) is 9.52. The van der Waals surface area contributed by atoms with Crippen LogP contribution < -0.4 is 16.1 Å². The minimum absolute atomic E-state index is 0.256. The average Bonchev–Trinajstić information content (AvgIpc) is 2.70. The molecular weight excluding hydrogens is 461 g/mol. The maximum absolute atomic E-state index is 14.6. The summed E-state index contributed by atoms with van der Waals surface area (Å²) < 4.78 is 20.7. The number of piperidine rings is 1. The zero-order chi connectivity index (χ0) is 21.9. The van der Waals surface area contributed by atoms with Crippen molar-refractivity contribution in [3.63, 3.8) is 0 Å². The summed E-state index contributed by atoms with van der Waals surface area (Å²) in [7, 11) is 1.39. The number of hydrogen-bond donors (Lipinski definition) is 3. The highest BCUT2D eigenvalue weighted by atomic mass is 79.9. The third kappa shape index (κ3) is 4.62. The lowest BCUT2D eigenvalue weighted by Gasteiger charge is -2.43. The zero-order valence-electron chi connectivity index (χ0n) is 16.6. The Kier molecular flexibility index (Phi) is 6.71. The molecule has 0 saturated carbocycles. The molecule has 0 bridgehead atoms. The molecule has 1 saturated heterocycles. The van der Waals surface area contributed by atoms with E-state index in [2.05, 4.69) is 42.0 Å². The molecule has 1 aromatic carbocycles. The Morgan fingerprint density at radius 3 is 2.70 bits per heavy atom. The Bertz CT molecular complexity index is 865. The summed E-state index contributed by atoms with van der Waals surface area (Å²) in [6, 6.07) is 4.36. The third-order valence-corrected chi connectivity index (χ3v) is 5.85. The number of likely N-dealkylation sites (N-methyl/N-ethyl adjacent to an activating group) is 1. The van der Waals surface area contributed by atoms with Crippen LogP contribution in [0.1, 0.15) is 25.3 Å². The van der Waals surface area contributed by atoms with Crippen molar-refractivity contribution in [3.8, 4) is 0 Å². The zero-order valence-corrected chi connectivity index (χ0v) is 18.2. The largest absolute Gasteiger partial charge is 0.435 e. The van der Waals surface area contributed by atoms with E-state index in [1.807, 2.05) is 0 Å². The summed E-state index contributed by atoms with van der Waals surface area (Å²) in [6.45, 7) is 3.40. The Morgan fingerprint density at radius 1 is 1.37 bits per heavy atom. The SMILES string of the molecule is CNC(=O)C(=O)N[C@@H](C)CN1CCC2(CC1)OC(=O)NN=C2c1c(F)cccc1Br. The van der Waals surface area contributed by atoms with Gasteiger partial charge in [0.2, 0.25) is 0 Å². The fraction of sp³-hybridized carbons (Fsp3) is 0.474. The van der Waals surface area contributed by atoms with E-state index in [1.54, 1.807) is 19.1 Å². The Morgan fingerprint density at radius 2 is 2.07 bits per heavy atom. The number of likely N-dealkylation sites (tertiary alicyclic amines) is 1. The number of nitrogens with one attached hydrogen (secondary N) is 3. The summed E-state index contributed by atoms with van der Waals surface area (Å²) in [4.78, 5) is 37.1. The topological polar surface area (TPSA) is 112 Å². The summed E-state index contributed by atoms with van der Waals surface area (Å²) in [5, 5.41) is 9.05. The molecule has 3 amide bonds. The molecule has 1 aromatic rings. The molecule has 2 aliphatic heterocycles. The van der Waals surface area contributed by atoms with Gasteiger partial charge in [-0.05, 0) is 35.0 Å². The monoisotopic (exact) mass is 483 g/mol. The summed E-state index contributed by atoms with van der Waals surface area (Å²) in [5.74, 6) is -1.85. The van der Waals surface area contributed by atoms with Crippen molar-refractivity contribution < 1.29 is 23.5 Å². The number of benzene rings is 1. The van der Waals surface area contributed by atoms with E-state index < -0.39 is 29.3 Å². The Balaban J connectivity index is 1.71. The minimum atomic E-state index is -1.04. The van der Waals surface area contributed by atoms with Gasteiger partial charge in [-0.2, -0.15) is 5.10 Å². The number of rotatable bonds is 4. The van der Waals surface area contributed by atoms with Crippen LogP contribution in [0.15, 0.2) is 27.8 Å². The fourth-order valence-corrected chi connectivity index (χ4v) is 4.26. The molecule has 162 valence electrons. The highest BCUT2D eigenvalue weighted by Gasteiger charge is 2.47. The van der Waals surface area contributed by atoms with Gasteiger partial charge in [-0.3, -0.25) is 9.59 Å². The molecule has 2 aliphatic rings. The molecule has 3 N–H and O–H groups in total. The van der Waals surface area contributed by atoms with E-state index in [0.29, 0.717) is 42.7 Å². The van der Waals surface area contributed by atoms with Gasteiger partial charge in [0, 0.05) is 50.0 Å². The third-order valence-electron chi connectivity index (χ3n) is 5.18. The predicted octanol–water partition coefficient (Wildman–Crippen LogP) is 1.12. The number of ether oxygens (including phenoxy) is 1. The Labute approximate surface area is 181 Å². The smallest absolute Gasteiger partial charge is 0.428 e. The molecule has 0 radical (unpaired) electrons. The van der Waals surface area contributed by atoms with Crippen molar-refractivity contribution in [1.29, 1.82) is 0 Å². The molecule has 0 unspecified atom stereocenters. The van der Waals surface area contributed by atoms with E-state index in [1.165, 1.54) is 13.1 Å². The number of carbonyl (C=O) groups excluding carboxylic acids is 3. The van der Waals surface area contributed by atoms with Gasteiger partial charge in [-0.25, -0.2) is 14.6 Å². The first kappa shape index (κ1) is 22.2. The molecule has 0 aliphatic carbocycles. The maximum atomic E-state index is 14.6. The molecule has 1 fully saturated rings.